The molecular weight excluding hydrogens is 256 g/mol. The van der Waals surface area contributed by atoms with E-state index in [2.05, 4.69) is 21.9 Å². The number of piperidine rings is 1. The summed E-state index contributed by atoms with van der Waals surface area (Å²) in [6.45, 7) is 5.98. The Kier molecular flexibility index (Phi) is 5.61. The van der Waals surface area contributed by atoms with Crippen molar-refractivity contribution in [1.82, 2.24) is 10.2 Å². The van der Waals surface area contributed by atoms with Crippen LogP contribution in [0.5, 0.6) is 0 Å². The first-order valence-electron chi connectivity index (χ1n) is 7.35. The van der Waals surface area contributed by atoms with Crippen LogP contribution in [-0.4, -0.2) is 43.7 Å². The molecule has 0 bridgehead atoms. The lowest BCUT2D eigenvalue weighted by atomic mass is 10.0. The van der Waals surface area contributed by atoms with E-state index in [-0.39, 0.29) is 5.76 Å². The van der Waals surface area contributed by atoms with Crippen molar-refractivity contribution in [3.05, 3.63) is 23.7 Å². The summed E-state index contributed by atoms with van der Waals surface area (Å²) in [4.78, 5) is 13.7. The van der Waals surface area contributed by atoms with E-state index in [9.17, 15) is 4.79 Å². The molecule has 2 rings (SSSR count). The molecule has 1 atom stereocenters. The monoisotopic (exact) mass is 280 g/mol. The molecule has 0 spiro atoms. The van der Waals surface area contributed by atoms with Crippen molar-refractivity contribution in [3.8, 4) is 0 Å². The standard InChI is InChI=1S/C15H24N2O3/c1-3-17(10-12-6-4-5-9-16-12)11-13-7-8-14(20-13)15(18)19-2/h7-8,12,16H,3-6,9-11H2,1-2H3. The van der Waals surface area contributed by atoms with Crippen LogP contribution in [0.2, 0.25) is 0 Å². The summed E-state index contributed by atoms with van der Waals surface area (Å²) in [5, 5.41) is 3.56. The summed E-state index contributed by atoms with van der Waals surface area (Å²) in [5.41, 5.74) is 0. The van der Waals surface area contributed by atoms with Crippen LogP contribution in [0.4, 0.5) is 0 Å². The number of nitrogens with zero attached hydrogens (tertiary/aromatic N) is 1. The van der Waals surface area contributed by atoms with Crippen molar-refractivity contribution in [2.45, 2.75) is 38.8 Å². The Hall–Kier alpha value is -1.33. The molecule has 1 saturated heterocycles. The number of carbonyl (C=O) groups is 1. The highest BCUT2D eigenvalue weighted by atomic mass is 16.5. The molecular formula is C15H24N2O3. The SMILES string of the molecule is CCN(Cc1ccc(C(=O)OC)o1)CC1CCCCN1. The third kappa shape index (κ3) is 4.08. The maximum Gasteiger partial charge on any atom is 0.373 e. The first kappa shape index (κ1) is 15.1. The highest BCUT2D eigenvalue weighted by Gasteiger charge is 2.18. The number of esters is 1. The molecule has 0 amide bonds. The van der Waals surface area contributed by atoms with Crippen LogP contribution in [-0.2, 0) is 11.3 Å². The Morgan fingerprint density at radius 2 is 2.35 bits per heavy atom. The van der Waals surface area contributed by atoms with E-state index in [1.54, 1.807) is 6.07 Å². The number of carbonyl (C=O) groups excluding carboxylic acids is 1. The Balaban J connectivity index is 1.88. The molecule has 2 heterocycles. The maximum absolute atomic E-state index is 11.4. The minimum atomic E-state index is -0.423. The van der Waals surface area contributed by atoms with Gasteiger partial charge in [0.25, 0.3) is 0 Å². The van der Waals surface area contributed by atoms with E-state index < -0.39 is 5.97 Å². The molecule has 1 aromatic heterocycles. The van der Waals surface area contributed by atoms with Crippen LogP contribution >= 0.6 is 0 Å². The number of rotatable bonds is 6. The topological polar surface area (TPSA) is 54.7 Å². The van der Waals surface area contributed by atoms with Gasteiger partial charge in [-0.15, -0.1) is 0 Å². The molecule has 0 radical (unpaired) electrons. The van der Waals surface area contributed by atoms with Crippen LogP contribution in [0.25, 0.3) is 0 Å². The van der Waals surface area contributed by atoms with Gasteiger partial charge in [0.05, 0.1) is 13.7 Å². The van der Waals surface area contributed by atoms with Gasteiger partial charge in [0.1, 0.15) is 5.76 Å². The number of nitrogens with one attached hydrogen (secondary N) is 1. The van der Waals surface area contributed by atoms with Gasteiger partial charge in [-0.1, -0.05) is 13.3 Å². The lowest BCUT2D eigenvalue weighted by molar-refractivity contribution is 0.0561. The van der Waals surface area contributed by atoms with Crippen molar-refractivity contribution >= 4 is 5.97 Å². The van der Waals surface area contributed by atoms with Crippen molar-refractivity contribution in [3.63, 3.8) is 0 Å². The third-order valence-electron chi connectivity index (χ3n) is 3.77. The fourth-order valence-corrected chi connectivity index (χ4v) is 2.59. The molecule has 1 fully saturated rings. The zero-order valence-electron chi connectivity index (χ0n) is 12.4. The van der Waals surface area contributed by atoms with E-state index in [4.69, 9.17) is 4.42 Å². The number of likely N-dealkylation sites (N-methyl/N-ethyl adjacent to an activating group) is 1. The molecule has 5 nitrogen and oxygen atoms in total. The number of methoxy groups -OCH3 is 1. The summed E-state index contributed by atoms with van der Waals surface area (Å²) in [7, 11) is 1.36. The number of furan rings is 1. The Labute approximate surface area is 120 Å². The van der Waals surface area contributed by atoms with Gasteiger partial charge in [0.2, 0.25) is 5.76 Å². The molecule has 0 aliphatic carbocycles. The van der Waals surface area contributed by atoms with Crippen LogP contribution in [0, 0.1) is 0 Å². The summed E-state index contributed by atoms with van der Waals surface area (Å²) in [6, 6.07) is 4.09. The molecule has 0 aromatic carbocycles. The van der Waals surface area contributed by atoms with Gasteiger partial charge >= 0.3 is 5.97 Å². The minimum absolute atomic E-state index is 0.273. The summed E-state index contributed by atoms with van der Waals surface area (Å²) >= 11 is 0. The van der Waals surface area contributed by atoms with E-state index in [0.717, 1.165) is 31.9 Å². The minimum Gasteiger partial charge on any atom is -0.463 e. The van der Waals surface area contributed by atoms with Crippen molar-refractivity contribution in [2.24, 2.45) is 0 Å². The molecule has 20 heavy (non-hydrogen) atoms. The Bertz CT molecular complexity index is 425. The summed E-state index contributed by atoms with van der Waals surface area (Å²) in [6.07, 6.45) is 3.83. The van der Waals surface area contributed by atoms with Gasteiger partial charge in [-0.05, 0) is 38.1 Å². The predicted octanol–water partition coefficient (Wildman–Crippen LogP) is 2.03. The molecule has 5 heteroatoms. The van der Waals surface area contributed by atoms with Crippen LogP contribution in [0.1, 0.15) is 42.5 Å². The molecule has 1 unspecified atom stereocenters. The maximum atomic E-state index is 11.4. The smallest absolute Gasteiger partial charge is 0.373 e. The van der Waals surface area contributed by atoms with Crippen molar-refractivity contribution < 1.29 is 13.9 Å². The molecule has 1 aliphatic rings. The number of ether oxygens (including phenoxy) is 1. The largest absolute Gasteiger partial charge is 0.463 e. The molecule has 0 saturated carbocycles. The summed E-state index contributed by atoms with van der Waals surface area (Å²) in [5.74, 6) is 0.658. The second-order valence-corrected chi connectivity index (χ2v) is 5.23. The fourth-order valence-electron chi connectivity index (χ4n) is 2.59. The average Bonchev–Trinajstić information content (AvgIpc) is 2.95. The van der Waals surface area contributed by atoms with Crippen LogP contribution < -0.4 is 5.32 Å². The third-order valence-corrected chi connectivity index (χ3v) is 3.77. The number of hydrogen-bond acceptors (Lipinski definition) is 5. The summed E-state index contributed by atoms with van der Waals surface area (Å²) < 4.78 is 10.2. The second-order valence-electron chi connectivity index (χ2n) is 5.23. The average molecular weight is 280 g/mol. The molecule has 112 valence electrons. The normalized spacial score (nSPS) is 19.2. The van der Waals surface area contributed by atoms with Gasteiger partial charge in [-0.3, -0.25) is 4.90 Å². The predicted molar refractivity (Wildman–Crippen MR) is 76.6 cm³/mol. The van der Waals surface area contributed by atoms with E-state index in [1.165, 1.54) is 26.4 Å². The van der Waals surface area contributed by atoms with Gasteiger partial charge in [0, 0.05) is 12.6 Å². The van der Waals surface area contributed by atoms with Gasteiger partial charge in [-0.25, -0.2) is 4.79 Å². The van der Waals surface area contributed by atoms with Gasteiger partial charge < -0.3 is 14.5 Å². The Morgan fingerprint density at radius 1 is 1.50 bits per heavy atom. The van der Waals surface area contributed by atoms with Crippen LogP contribution in [0.15, 0.2) is 16.5 Å². The molecule has 1 N–H and O–H groups in total. The quantitative estimate of drug-likeness (QED) is 0.808. The van der Waals surface area contributed by atoms with Crippen LogP contribution in [0.3, 0.4) is 0 Å². The second kappa shape index (κ2) is 7.45. The highest BCUT2D eigenvalue weighted by molar-refractivity contribution is 5.86. The van der Waals surface area contributed by atoms with Crippen molar-refractivity contribution in [2.75, 3.05) is 26.7 Å². The molecule has 1 aromatic rings. The zero-order chi connectivity index (χ0) is 14.4. The zero-order valence-corrected chi connectivity index (χ0v) is 12.4. The first-order chi connectivity index (χ1) is 9.72. The lowest BCUT2D eigenvalue weighted by Crippen LogP contribution is -2.43. The molecule has 1 aliphatic heterocycles. The van der Waals surface area contributed by atoms with Gasteiger partial charge in [-0.2, -0.15) is 0 Å². The van der Waals surface area contributed by atoms with Crippen molar-refractivity contribution in [1.29, 1.82) is 0 Å². The van der Waals surface area contributed by atoms with E-state index >= 15 is 0 Å². The van der Waals surface area contributed by atoms with E-state index in [0.29, 0.717) is 6.04 Å². The lowest BCUT2D eigenvalue weighted by Gasteiger charge is -2.29. The number of hydrogen-bond donors (Lipinski definition) is 1. The fraction of sp³-hybridized carbons (Fsp3) is 0.667. The van der Waals surface area contributed by atoms with E-state index in [1.807, 2.05) is 6.07 Å². The first-order valence-corrected chi connectivity index (χ1v) is 7.35. The highest BCUT2D eigenvalue weighted by Crippen LogP contribution is 2.14. The Morgan fingerprint density at radius 3 is 3.00 bits per heavy atom. The van der Waals surface area contributed by atoms with Gasteiger partial charge in [0.15, 0.2) is 0 Å².